The zero-order valence-corrected chi connectivity index (χ0v) is 16.1. The van der Waals surface area contributed by atoms with E-state index in [1.165, 1.54) is 0 Å². The van der Waals surface area contributed by atoms with Crippen molar-refractivity contribution in [3.05, 3.63) is 71.8 Å². The minimum atomic E-state index is -1.23. The molecule has 140 valence electrons. The summed E-state index contributed by atoms with van der Waals surface area (Å²) < 4.78 is 5.35. The summed E-state index contributed by atoms with van der Waals surface area (Å²) in [4.78, 5) is 14.1. The Labute approximate surface area is 165 Å². The van der Waals surface area contributed by atoms with Gasteiger partial charge < -0.3 is 10.1 Å². The molecule has 1 fully saturated rings. The van der Waals surface area contributed by atoms with Crippen molar-refractivity contribution in [3.8, 4) is 0 Å². The molecule has 0 aliphatic carbocycles. The maximum Gasteiger partial charge on any atom is 0.250 e. The summed E-state index contributed by atoms with van der Waals surface area (Å²) in [6, 6.07) is 19.0. The molecule has 2 aromatic rings. The van der Waals surface area contributed by atoms with Crippen LogP contribution in [0.15, 0.2) is 60.7 Å². The van der Waals surface area contributed by atoms with Crippen LogP contribution in [0.2, 0.25) is 0 Å². The van der Waals surface area contributed by atoms with Crippen molar-refractivity contribution in [2.45, 2.75) is 4.87 Å². The Morgan fingerprint density at radius 1 is 1.00 bits per heavy atom. The smallest absolute Gasteiger partial charge is 0.250 e. The number of nitrogens with zero attached hydrogens (tertiary/aromatic N) is 1. The molecule has 1 N–H and O–H groups in total. The molecule has 0 spiro atoms. The molecule has 4 nitrogen and oxygen atoms in total. The summed E-state index contributed by atoms with van der Waals surface area (Å²) in [6.45, 7) is 4.67. The molecule has 1 aliphatic heterocycles. The minimum absolute atomic E-state index is 0. The number of rotatable bonds is 6. The average Bonchev–Trinajstić information content (AvgIpc) is 2.69. The van der Waals surface area contributed by atoms with Gasteiger partial charge in [-0.15, -0.1) is 12.4 Å². The summed E-state index contributed by atoms with van der Waals surface area (Å²) in [7, 11) is 0. The maximum atomic E-state index is 13.0. The van der Waals surface area contributed by atoms with Gasteiger partial charge in [-0.3, -0.25) is 9.69 Å². The average molecular weight is 395 g/mol. The van der Waals surface area contributed by atoms with Crippen LogP contribution in [0.4, 0.5) is 0 Å². The van der Waals surface area contributed by atoms with Gasteiger partial charge in [0.2, 0.25) is 5.91 Å². The number of nitrogens with one attached hydrogen (secondary N) is 1. The van der Waals surface area contributed by atoms with Gasteiger partial charge in [0.1, 0.15) is 0 Å². The fourth-order valence-corrected chi connectivity index (χ4v) is 3.36. The molecule has 1 aliphatic rings. The molecular weight excluding hydrogens is 371 g/mol. The summed E-state index contributed by atoms with van der Waals surface area (Å²) in [5.74, 6) is -0.195. The zero-order chi connectivity index (χ0) is 17.5. The molecule has 6 heteroatoms. The lowest BCUT2D eigenvalue weighted by Crippen LogP contribution is -2.46. The second-order valence-electron chi connectivity index (χ2n) is 6.10. The van der Waals surface area contributed by atoms with Crippen LogP contribution in [-0.2, 0) is 14.4 Å². The second kappa shape index (κ2) is 9.93. The predicted molar refractivity (Wildman–Crippen MR) is 107 cm³/mol. The number of carbonyl (C=O) groups excluding carboxylic acids is 1. The largest absolute Gasteiger partial charge is 0.379 e. The lowest BCUT2D eigenvalue weighted by molar-refractivity contribution is -0.123. The van der Waals surface area contributed by atoms with E-state index in [9.17, 15) is 4.79 Å². The molecule has 26 heavy (non-hydrogen) atoms. The van der Waals surface area contributed by atoms with Crippen LogP contribution < -0.4 is 5.32 Å². The van der Waals surface area contributed by atoms with Gasteiger partial charge in [0.05, 0.1) is 13.2 Å². The lowest BCUT2D eigenvalue weighted by Gasteiger charge is -2.29. The SMILES string of the molecule is Cl.O=C(NCCN1CCOCC1)C(Cl)(c1ccccc1)c1ccccc1. The van der Waals surface area contributed by atoms with Crippen LogP contribution in [0.25, 0.3) is 0 Å². The van der Waals surface area contributed by atoms with Gasteiger partial charge in [-0.2, -0.15) is 0 Å². The van der Waals surface area contributed by atoms with Crippen LogP contribution in [0.5, 0.6) is 0 Å². The highest BCUT2D eigenvalue weighted by Crippen LogP contribution is 2.36. The van der Waals surface area contributed by atoms with Gasteiger partial charge in [-0.1, -0.05) is 72.3 Å². The van der Waals surface area contributed by atoms with E-state index in [4.69, 9.17) is 16.3 Å². The van der Waals surface area contributed by atoms with Crippen LogP contribution in [-0.4, -0.2) is 50.2 Å². The molecule has 2 aromatic carbocycles. The van der Waals surface area contributed by atoms with Crippen LogP contribution in [0, 0.1) is 0 Å². The summed E-state index contributed by atoms with van der Waals surface area (Å²) in [5, 5.41) is 3.01. The third-order valence-electron chi connectivity index (χ3n) is 4.47. The molecule has 3 rings (SSSR count). The number of halogens is 2. The Morgan fingerprint density at radius 3 is 2.00 bits per heavy atom. The summed E-state index contributed by atoms with van der Waals surface area (Å²) >= 11 is 6.92. The van der Waals surface area contributed by atoms with Gasteiger partial charge in [0.15, 0.2) is 4.87 Å². The van der Waals surface area contributed by atoms with Gasteiger partial charge in [-0.25, -0.2) is 0 Å². The van der Waals surface area contributed by atoms with Crippen molar-refractivity contribution in [3.63, 3.8) is 0 Å². The molecule has 1 saturated heterocycles. The zero-order valence-electron chi connectivity index (χ0n) is 14.6. The van der Waals surface area contributed by atoms with E-state index in [2.05, 4.69) is 10.2 Å². The van der Waals surface area contributed by atoms with Gasteiger partial charge in [0, 0.05) is 26.2 Å². The number of carbonyl (C=O) groups is 1. The number of alkyl halides is 1. The fraction of sp³-hybridized carbons (Fsp3) is 0.350. The number of ether oxygens (including phenoxy) is 1. The standard InChI is InChI=1S/C20H23ClN2O2.ClH/c21-20(17-7-3-1-4-8-17,18-9-5-2-6-10-18)19(24)22-11-12-23-13-15-25-16-14-23;/h1-10H,11-16H2,(H,22,24);1H. The van der Waals surface area contributed by atoms with Crippen molar-refractivity contribution in [1.82, 2.24) is 10.2 Å². The second-order valence-corrected chi connectivity index (χ2v) is 6.67. The molecule has 0 bridgehead atoms. The topological polar surface area (TPSA) is 41.6 Å². The fourth-order valence-electron chi connectivity index (χ4n) is 3.04. The van der Waals surface area contributed by atoms with Gasteiger partial charge in [-0.05, 0) is 11.1 Å². The van der Waals surface area contributed by atoms with Crippen LogP contribution >= 0.6 is 24.0 Å². The molecule has 1 amide bonds. The third-order valence-corrected chi connectivity index (χ3v) is 5.08. The van der Waals surface area contributed by atoms with Crippen molar-refractivity contribution in [2.75, 3.05) is 39.4 Å². The molecule has 0 saturated carbocycles. The quantitative estimate of drug-likeness (QED) is 0.765. The Balaban J connectivity index is 0.00000243. The van der Waals surface area contributed by atoms with Gasteiger partial charge in [0.25, 0.3) is 0 Å². The number of morpholine rings is 1. The molecular formula is C20H24Cl2N2O2. The maximum absolute atomic E-state index is 13.0. The van der Waals surface area contributed by atoms with E-state index in [1.807, 2.05) is 60.7 Å². The summed E-state index contributed by atoms with van der Waals surface area (Å²) in [6.07, 6.45) is 0. The minimum Gasteiger partial charge on any atom is -0.379 e. The van der Waals surface area contributed by atoms with Gasteiger partial charge >= 0.3 is 0 Å². The predicted octanol–water partition coefficient (Wildman–Crippen LogP) is 3.04. The monoisotopic (exact) mass is 394 g/mol. The highest BCUT2D eigenvalue weighted by Gasteiger charge is 2.39. The molecule has 0 aromatic heterocycles. The normalized spacial score (nSPS) is 15.1. The number of hydrogen-bond acceptors (Lipinski definition) is 3. The van der Waals surface area contributed by atoms with E-state index in [0.717, 1.165) is 44.0 Å². The van der Waals surface area contributed by atoms with Crippen molar-refractivity contribution < 1.29 is 9.53 Å². The Morgan fingerprint density at radius 2 is 1.50 bits per heavy atom. The number of benzene rings is 2. The highest BCUT2D eigenvalue weighted by atomic mass is 35.5. The Bertz CT molecular complexity index is 637. The van der Waals surface area contributed by atoms with Crippen molar-refractivity contribution in [1.29, 1.82) is 0 Å². The van der Waals surface area contributed by atoms with Crippen LogP contribution in [0.1, 0.15) is 11.1 Å². The Kier molecular flexibility index (Phi) is 7.91. The van der Waals surface area contributed by atoms with E-state index in [-0.39, 0.29) is 18.3 Å². The number of amides is 1. The van der Waals surface area contributed by atoms with E-state index in [1.54, 1.807) is 0 Å². The van der Waals surface area contributed by atoms with E-state index < -0.39 is 4.87 Å². The van der Waals surface area contributed by atoms with Crippen molar-refractivity contribution >= 4 is 29.9 Å². The van der Waals surface area contributed by atoms with E-state index >= 15 is 0 Å². The first-order valence-electron chi connectivity index (χ1n) is 8.59. The highest BCUT2D eigenvalue weighted by molar-refractivity contribution is 6.37. The molecule has 0 atom stereocenters. The lowest BCUT2D eigenvalue weighted by atomic mass is 9.89. The van der Waals surface area contributed by atoms with E-state index in [0.29, 0.717) is 6.54 Å². The number of hydrogen-bond donors (Lipinski definition) is 1. The van der Waals surface area contributed by atoms with Crippen molar-refractivity contribution in [2.24, 2.45) is 0 Å². The molecule has 1 heterocycles. The molecule has 0 unspecified atom stereocenters. The summed E-state index contributed by atoms with van der Waals surface area (Å²) in [5.41, 5.74) is 1.54. The first-order chi connectivity index (χ1) is 12.2. The first kappa shape index (κ1) is 20.7. The first-order valence-corrected chi connectivity index (χ1v) is 8.97. The molecule has 0 radical (unpaired) electrons. The third kappa shape index (κ3) is 4.77. The van der Waals surface area contributed by atoms with Crippen LogP contribution in [0.3, 0.4) is 0 Å². The Hall–Kier alpha value is -1.59.